The largest absolute Gasteiger partial charge is 0.417 e. The standard InChI is InChI=1S/C36H46F3N3O3/c37-36(38,39)30-23-27(10-12-29(30)32(43)41-18-20-42(21-19-41)33(44)35(45)16-17-35)26-11-13-31-28(22-26)24-34(25-40-31)14-8-6-4-2-1-3-5-7-9-15-34/h10-13,22-23,40,45H,1-9,14-21,24-25H2. The lowest BCUT2D eigenvalue weighted by Crippen LogP contribution is -2.53. The van der Waals surface area contributed by atoms with E-state index in [-0.39, 0.29) is 43.1 Å². The first-order chi connectivity index (χ1) is 21.6. The van der Waals surface area contributed by atoms with E-state index in [2.05, 4.69) is 5.32 Å². The molecule has 2 aliphatic carbocycles. The van der Waals surface area contributed by atoms with Gasteiger partial charge in [-0.2, -0.15) is 13.2 Å². The summed E-state index contributed by atoms with van der Waals surface area (Å²) in [5, 5.41) is 13.8. The Morgan fingerprint density at radius 1 is 0.733 bits per heavy atom. The number of halogens is 3. The molecule has 4 aliphatic rings. The second-order valence-electron chi connectivity index (χ2n) is 14.0. The maximum absolute atomic E-state index is 14.4. The number of nitrogens with one attached hydrogen (secondary N) is 1. The number of aliphatic hydroxyl groups is 1. The maximum Gasteiger partial charge on any atom is 0.417 e. The van der Waals surface area contributed by atoms with E-state index in [4.69, 9.17) is 0 Å². The summed E-state index contributed by atoms with van der Waals surface area (Å²) in [6.45, 7) is 1.57. The van der Waals surface area contributed by atoms with Crippen molar-refractivity contribution in [3.63, 3.8) is 0 Å². The van der Waals surface area contributed by atoms with Gasteiger partial charge in [0.1, 0.15) is 5.60 Å². The highest BCUT2D eigenvalue weighted by atomic mass is 19.4. The van der Waals surface area contributed by atoms with Crippen LogP contribution in [0.2, 0.25) is 0 Å². The summed E-state index contributed by atoms with van der Waals surface area (Å²) >= 11 is 0. The average molecular weight is 626 g/mol. The minimum absolute atomic E-state index is 0.124. The van der Waals surface area contributed by atoms with Gasteiger partial charge in [0, 0.05) is 38.4 Å². The van der Waals surface area contributed by atoms with Gasteiger partial charge in [-0.1, -0.05) is 69.9 Å². The zero-order valence-electron chi connectivity index (χ0n) is 26.2. The Hall–Kier alpha value is -3.07. The molecule has 45 heavy (non-hydrogen) atoms. The Morgan fingerprint density at radius 2 is 1.29 bits per heavy atom. The molecule has 6 nitrogen and oxygen atoms in total. The van der Waals surface area contributed by atoms with E-state index in [9.17, 15) is 27.9 Å². The van der Waals surface area contributed by atoms with Gasteiger partial charge in [-0.15, -0.1) is 0 Å². The van der Waals surface area contributed by atoms with Crippen molar-refractivity contribution in [1.29, 1.82) is 0 Å². The van der Waals surface area contributed by atoms with Crippen molar-refractivity contribution in [2.45, 2.75) is 102 Å². The Bertz CT molecular complexity index is 1380. The van der Waals surface area contributed by atoms with E-state index in [0.717, 1.165) is 35.8 Å². The monoisotopic (exact) mass is 625 g/mol. The molecular formula is C36H46F3N3O3. The molecule has 2 amide bonds. The van der Waals surface area contributed by atoms with E-state index in [1.807, 2.05) is 18.2 Å². The van der Waals surface area contributed by atoms with Gasteiger partial charge in [0.15, 0.2) is 0 Å². The van der Waals surface area contributed by atoms with Crippen LogP contribution in [0.3, 0.4) is 0 Å². The second-order valence-corrected chi connectivity index (χ2v) is 14.0. The number of nitrogens with zero attached hydrogens (tertiary/aromatic N) is 2. The molecule has 0 bridgehead atoms. The molecule has 2 aliphatic heterocycles. The number of anilines is 1. The van der Waals surface area contributed by atoms with Gasteiger partial charge >= 0.3 is 6.18 Å². The lowest BCUT2D eigenvalue weighted by Gasteiger charge is -2.40. The van der Waals surface area contributed by atoms with E-state index >= 15 is 0 Å². The average Bonchev–Trinajstić information content (AvgIpc) is 3.79. The fraction of sp³-hybridized carbons (Fsp3) is 0.611. The molecule has 0 aromatic heterocycles. The molecule has 0 atom stereocenters. The first-order valence-corrected chi connectivity index (χ1v) is 17.0. The Kier molecular flexibility index (Phi) is 9.19. The molecule has 0 radical (unpaired) electrons. The van der Waals surface area contributed by atoms with Crippen molar-refractivity contribution in [1.82, 2.24) is 9.80 Å². The van der Waals surface area contributed by atoms with E-state index in [1.165, 1.54) is 86.5 Å². The molecule has 2 saturated carbocycles. The summed E-state index contributed by atoms with van der Waals surface area (Å²) in [5.41, 5.74) is 0.923. The first kappa shape index (κ1) is 31.9. The van der Waals surface area contributed by atoms with Crippen molar-refractivity contribution < 1.29 is 27.9 Å². The van der Waals surface area contributed by atoms with Crippen LogP contribution >= 0.6 is 0 Å². The molecule has 9 heteroatoms. The molecule has 2 N–H and O–H groups in total. The van der Waals surface area contributed by atoms with Crippen molar-refractivity contribution in [2.75, 3.05) is 38.0 Å². The molecule has 2 aromatic carbocycles. The lowest BCUT2D eigenvalue weighted by molar-refractivity contribution is -0.143. The number of hydrogen-bond donors (Lipinski definition) is 2. The van der Waals surface area contributed by atoms with Crippen LogP contribution in [-0.2, 0) is 17.4 Å². The summed E-state index contributed by atoms with van der Waals surface area (Å²) < 4.78 is 43.2. The third-order valence-corrected chi connectivity index (χ3v) is 10.6. The number of fused-ring (bicyclic) bond motifs is 1. The van der Waals surface area contributed by atoms with Gasteiger partial charge in [-0.3, -0.25) is 9.59 Å². The number of benzene rings is 2. The molecule has 1 saturated heterocycles. The normalized spacial score (nSPS) is 22.0. The zero-order valence-corrected chi connectivity index (χ0v) is 26.2. The fourth-order valence-corrected chi connectivity index (χ4v) is 7.61. The van der Waals surface area contributed by atoms with Gasteiger partial charge in [-0.25, -0.2) is 0 Å². The van der Waals surface area contributed by atoms with Crippen LogP contribution in [0.15, 0.2) is 36.4 Å². The van der Waals surface area contributed by atoms with Crippen LogP contribution in [0.4, 0.5) is 18.9 Å². The summed E-state index contributed by atoms with van der Waals surface area (Å²) in [7, 11) is 0. The lowest BCUT2D eigenvalue weighted by atomic mass is 9.71. The van der Waals surface area contributed by atoms with Crippen LogP contribution in [0.5, 0.6) is 0 Å². The van der Waals surface area contributed by atoms with Crippen molar-refractivity contribution >= 4 is 17.5 Å². The Labute approximate surface area is 264 Å². The minimum atomic E-state index is -4.71. The molecule has 1 spiro atoms. The van der Waals surface area contributed by atoms with Gasteiger partial charge in [0.25, 0.3) is 11.8 Å². The van der Waals surface area contributed by atoms with Crippen molar-refractivity contribution in [3.05, 3.63) is 53.1 Å². The van der Waals surface area contributed by atoms with Crippen LogP contribution in [0.25, 0.3) is 11.1 Å². The number of alkyl halides is 3. The number of piperazine rings is 1. The molecule has 0 unspecified atom stereocenters. The summed E-state index contributed by atoms with van der Waals surface area (Å²) in [6.07, 6.45) is 11.0. The molecule has 6 rings (SSSR count). The van der Waals surface area contributed by atoms with Crippen LogP contribution in [0, 0.1) is 5.41 Å². The third kappa shape index (κ3) is 7.18. The predicted molar refractivity (Wildman–Crippen MR) is 169 cm³/mol. The predicted octanol–water partition coefficient (Wildman–Crippen LogP) is 7.44. The number of amides is 2. The van der Waals surface area contributed by atoms with Crippen LogP contribution in [-0.4, -0.2) is 65.0 Å². The topological polar surface area (TPSA) is 72.9 Å². The SMILES string of the molecule is O=C(c1ccc(-c2ccc3c(c2)CC2(CCCCCCCCCCC2)CN3)cc1C(F)(F)F)N1CCN(C(=O)C2(O)CC2)CC1. The van der Waals surface area contributed by atoms with Gasteiger partial charge in [0.2, 0.25) is 0 Å². The molecule has 3 fully saturated rings. The van der Waals surface area contributed by atoms with Crippen molar-refractivity contribution in [2.24, 2.45) is 5.41 Å². The van der Waals surface area contributed by atoms with Crippen LogP contribution in [0.1, 0.15) is 105 Å². The van der Waals surface area contributed by atoms with Crippen molar-refractivity contribution in [3.8, 4) is 11.1 Å². The highest BCUT2D eigenvalue weighted by Gasteiger charge is 2.50. The first-order valence-electron chi connectivity index (χ1n) is 17.0. The van der Waals surface area contributed by atoms with Crippen LogP contribution < -0.4 is 5.32 Å². The highest BCUT2D eigenvalue weighted by Crippen LogP contribution is 2.43. The number of carbonyl (C=O) groups excluding carboxylic acids is 2. The zero-order chi connectivity index (χ0) is 31.7. The number of carbonyl (C=O) groups is 2. The quantitative estimate of drug-likeness (QED) is 0.372. The second kappa shape index (κ2) is 13.0. The molecule has 244 valence electrons. The number of hydrogen-bond acceptors (Lipinski definition) is 4. The summed E-state index contributed by atoms with van der Waals surface area (Å²) in [4.78, 5) is 28.7. The van der Waals surface area contributed by atoms with E-state index < -0.39 is 23.2 Å². The molecule has 2 heterocycles. The maximum atomic E-state index is 14.4. The summed E-state index contributed by atoms with van der Waals surface area (Å²) in [5.74, 6) is -1.04. The fourth-order valence-electron chi connectivity index (χ4n) is 7.61. The molecular weight excluding hydrogens is 579 g/mol. The summed E-state index contributed by atoms with van der Waals surface area (Å²) in [6, 6.07) is 9.93. The Balaban J connectivity index is 1.20. The highest BCUT2D eigenvalue weighted by molar-refractivity contribution is 5.97. The van der Waals surface area contributed by atoms with Gasteiger partial charge in [0.05, 0.1) is 11.1 Å². The Morgan fingerprint density at radius 3 is 1.89 bits per heavy atom. The smallest absolute Gasteiger partial charge is 0.384 e. The van der Waals surface area contributed by atoms with Gasteiger partial charge in [-0.05, 0) is 78.5 Å². The minimum Gasteiger partial charge on any atom is -0.384 e. The molecule has 2 aromatic rings. The number of rotatable bonds is 3. The van der Waals surface area contributed by atoms with E-state index in [1.54, 1.807) is 6.07 Å². The van der Waals surface area contributed by atoms with E-state index in [0.29, 0.717) is 18.4 Å². The van der Waals surface area contributed by atoms with Gasteiger partial charge < -0.3 is 20.2 Å². The third-order valence-electron chi connectivity index (χ3n) is 10.6.